The Morgan fingerprint density at radius 1 is 0.690 bits per heavy atom. The van der Waals surface area contributed by atoms with Gasteiger partial charge in [0.15, 0.2) is 0 Å². The van der Waals surface area contributed by atoms with E-state index in [2.05, 4.69) is 109 Å². The molecule has 0 aliphatic rings. The average Bonchev–Trinajstić information content (AvgIpc) is 3.82. The number of aryl methyl sites for hydroxylation is 1. The van der Waals surface area contributed by atoms with Crippen LogP contribution >= 0.6 is 0 Å². The molecule has 0 aliphatic heterocycles. The van der Waals surface area contributed by atoms with Gasteiger partial charge in [0.1, 0.15) is 0 Å². The van der Waals surface area contributed by atoms with E-state index < -0.39 is 20.1 Å². The number of imidazole rings is 1. The van der Waals surface area contributed by atoms with E-state index in [1.807, 2.05) is 66.9 Å². The fourth-order valence-corrected chi connectivity index (χ4v) is 9.50. The molecule has 58 heavy (non-hydrogen) atoms. The van der Waals surface area contributed by atoms with Gasteiger partial charge in [-0.05, 0) is 54.1 Å². The normalized spacial score (nSPS) is 12.6. The summed E-state index contributed by atoms with van der Waals surface area (Å²) < 4.78 is 33.3. The van der Waals surface area contributed by atoms with Crippen LogP contribution in [-0.2, 0) is 20.1 Å². The van der Waals surface area contributed by atoms with Crippen LogP contribution < -0.4 is 4.40 Å². The first-order valence-corrected chi connectivity index (χ1v) is 26.9. The number of rotatable bonds is 7. The minimum Gasteiger partial charge on any atom is 0 e. The predicted octanol–water partition coefficient (Wildman–Crippen LogP) is 13.1. The number of hydrogen-bond acceptors (Lipinski definition) is 4. The Labute approximate surface area is 362 Å². The Hall–Kier alpha value is -5.14. The molecule has 4 aromatic heterocycles. The first kappa shape index (κ1) is 37.2. The Morgan fingerprint density at radius 2 is 1.41 bits per heavy atom. The van der Waals surface area contributed by atoms with Gasteiger partial charge in [-0.25, -0.2) is 4.98 Å². The summed E-state index contributed by atoms with van der Waals surface area (Å²) in [5, 5.41) is 1.83. The van der Waals surface area contributed by atoms with E-state index in [1.165, 1.54) is 15.5 Å². The number of nitrogens with zero attached hydrogens (tertiary/aromatic N) is 4. The van der Waals surface area contributed by atoms with E-state index >= 15 is 0 Å². The van der Waals surface area contributed by atoms with Crippen molar-refractivity contribution in [3.63, 3.8) is 0 Å². The van der Waals surface area contributed by atoms with Gasteiger partial charge in [0.05, 0.1) is 28.1 Å². The van der Waals surface area contributed by atoms with Crippen LogP contribution in [0.5, 0.6) is 0 Å². The molecule has 293 valence electrons. The van der Waals surface area contributed by atoms with Crippen molar-refractivity contribution in [2.45, 2.75) is 63.7 Å². The van der Waals surface area contributed by atoms with Crippen LogP contribution in [0.1, 0.15) is 60.3 Å². The molecule has 0 fully saturated rings. The molecule has 0 amide bonds. The minimum absolute atomic E-state index is 0. The first-order chi connectivity index (χ1) is 28.7. The van der Waals surface area contributed by atoms with Crippen molar-refractivity contribution in [3.05, 3.63) is 162 Å². The number of hydrogen-bond donors (Lipinski definition) is 0. The van der Waals surface area contributed by atoms with Crippen LogP contribution in [0.25, 0.3) is 72.7 Å². The molecule has 5 nitrogen and oxygen atoms in total. The zero-order valence-corrected chi connectivity index (χ0v) is 38.4. The maximum atomic E-state index is 7.67. The zero-order valence-electron chi connectivity index (χ0n) is 36.9. The van der Waals surface area contributed by atoms with E-state index in [0.717, 1.165) is 55.7 Å². The summed E-state index contributed by atoms with van der Waals surface area (Å²) in [6, 6.07) is 48.5. The topological polar surface area (TPSA) is 56.7 Å². The van der Waals surface area contributed by atoms with Gasteiger partial charge in [-0.3, -0.25) is 4.98 Å². The van der Waals surface area contributed by atoms with E-state index in [1.54, 1.807) is 24.3 Å². The Balaban J connectivity index is 0.000000278. The maximum Gasteiger partial charge on any atom is 0 e. The second-order valence-electron chi connectivity index (χ2n) is 16.1. The average molecular weight is 1000 g/mol. The second-order valence-corrected chi connectivity index (χ2v) is 26.8. The van der Waals surface area contributed by atoms with Crippen LogP contribution in [0, 0.1) is 19.0 Å². The molecule has 0 atom stereocenters. The van der Waals surface area contributed by atoms with Crippen LogP contribution in [-0.4, -0.2) is 32.8 Å². The van der Waals surface area contributed by atoms with Gasteiger partial charge in [-0.1, -0.05) is 98.8 Å². The molecular formula is C51H48GeIrN4O-2. The molecule has 7 heteroatoms. The van der Waals surface area contributed by atoms with Crippen molar-refractivity contribution in [3.8, 4) is 39.6 Å². The molecule has 9 rings (SSSR count). The molecule has 0 bridgehead atoms. The number of furan rings is 1. The third kappa shape index (κ3) is 8.11. The standard InChI is InChI=1S/C37H32N3O.C14H16GeN.Ir/c1-22(2)26-10-8-11-27(23(3)4)34(26)40-33-15-7-6-14-32(33)38-36(40)30-13-9-12-28-29-20-21-31(39-37(29)41-35(28)30)25-18-16-24(5)17-19-25;1-15(2,3)13-9-10-14(16-11-13)12-7-5-4-6-8-12;/h6-12,14-23H,1-5H3;4-7,9-11H,1-3H3;/q2*-1;/i5D3;;. The SMILES string of the molecule is [2H]C([2H])([2H])c1ccc(-c2ccc3c(n2)oc2c(-c4nc5ccccc5n4-c4c(C(C)C)cccc4C(C)C)[c-]ccc23)cc1.[CH3][Ge]([CH3])([CH3])[c]1ccc(-c2[c-]cccc2)nc1.[Ir]. The van der Waals surface area contributed by atoms with Gasteiger partial charge in [0.25, 0.3) is 0 Å². The number of fused-ring (bicyclic) bond motifs is 4. The minimum atomic E-state index is -2.15. The van der Waals surface area contributed by atoms with E-state index in [-0.39, 0.29) is 20.1 Å². The summed E-state index contributed by atoms with van der Waals surface area (Å²) in [4.78, 5) is 14.6. The van der Waals surface area contributed by atoms with Crippen molar-refractivity contribution < 1.29 is 28.6 Å². The number of benzene rings is 5. The number of pyridine rings is 2. The van der Waals surface area contributed by atoms with E-state index in [9.17, 15) is 0 Å². The molecule has 0 aliphatic carbocycles. The third-order valence-electron chi connectivity index (χ3n) is 10.4. The Morgan fingerprint density at radius 3 is 2.07 bits per heavy atom. The summed E-state index contributed by atoms with van der Waals surface area (Å²) >= 11 is -1.72. The molecule has 0 spiro atoms. The number of aromatic nitrogens is 4. The Bertz CT molecular complexity index is 2920. The van der Waals surface area contributed by atoms with E-state index in [0.29, 0.717) is 34.4 Å². The third-order valence-corrected chi connectivity index (χ3v) is 14.7. The van der Waals surface area contributed by atoms with Gasteiger partial charge in [0.2, 0.25) is 5.71 Å². The summed E-state index contributed by atoms with van der Waals surface area (Å²) in [7, 11) is 0. The fourth-order valence-electron chi connectivity index (χ4n) is 7.33. The maximum absolute atomic E-state index is 7.67. The summed E-state index contributed by atoms with van der Waals surface area (Å²) in [6.45, 7) is 6.77. The zero-order chi connectivity index (χ0) is 42.3. The molecule has 0 N–H and O–H groups in total. The van der Waals surface area contributed by atoms with Gasteiger partial charge >= 0.3 is 99.8 Å². The van der Waals surface area contributed by atoms with Crippen molar-refractivity contribution in [2.24, 2.45) is 0 Å². The summed E-state index contributed by atoms with van der Waals surface area (Å²) in [5.41, 5.74) is 11.5. The monoisotopic (exact) mass is 1000 g/mol. The number of para-hydroxylation sites is 3. The quantitative estimate of drug-likeness (QED) is 0.118. The molecule has 1 radical (unpaired) electrons. The van der Waals surface area contributed by atoms with Crippen molar-refractivity contribution >= 4 is 50.8 Å². The molecule has 5 aromatic carbocycles. The van der Waals surface area contributed by atoms with Gasteiger partial charge in [0, 0.05) is 40.9 Å². The Kier molecular flexibility index (Phi) is 10.9. The molecular weight excluding hydrogens is 949 g/mol. The van der Waals surface area contributed by atoms with Crippen LogP contribution in [0.15, 0.2) is 138 Å². The molecule has 0 saturated carbocycles. The van der Waals surface area contributed by atoms with Crippen LogP contribution in [0.3, 0.4) is 0 Å². The van der Waals surface area contributed by atoms with Crippen molar-refractivity contribution in [2.75, 3.05) is 0 Å². The fraction of sp³-hybridized carbons (Fsp3) is 0.196. The van der Waals surface area contributed by atoms with Crippen molar-refractivity contribution in [1.29, 1.82) is 0 Å². The molecule has 9 aromatic rings. The second kappa shape index (κ2) is 17.0. The first-order valence-electron chi connectivity index (χ1n) is 21.1. The van der Waals surface area contributed by atoms with Crippen LogP contribution in [0.2, 0.25) is 17.3 Å². The predicted molar refractivity (Wildman–Crippen MR) is 240 cm³/mol. The van der Waals surface area contributed by atoms with Gasteiger partial charge in [-0.15, -0.1) is 18.2 Å². The summed E-state index contributed by atoms with van der Waals surface area (Å²) in [6.07, 6.45) is 2.04. The smallest absolute Gasteiger partial charge is 0 e. The molecule has 0 unspecified atom stereocenters. The van der Waals surface area contributed by atoms with Crippen LogP contribution in [0.4, 0.5) is 0 Å². The van der Waals surface area contributed by atoms with Crippen molar-refractivity contribution in [1.82, 2.24) is 19.5 Å². The van der Waals surface area contributed by atoms with Gasteiger partial charge in [-0.2, -0.15) is 0 Å². The van der Waals surface area contributed by atoms with E-state index in [4.69, 9.17) is 18.5 Å². The molecule has 4 heterocycles. The molecule has 0 saturated heterocycles. The summed E-state index contributed by atoms with van der Waals surface area (Å²) in [5.74, 6) is 8.52. The largest absolute Gasteiger partial charge is 0 e. The van der Waals surface area contributed by atoms with Gasteiger partial charge < -0.3 is 8.98 Å².